The maximum absolute atomic E-state index is 5.60. The van der Waals surface area contributed by atoms with E-state index in [4.69, 9.17) is 5.73 Å². The molecular formula is C11H16N8. The summed E-state index contributed by atoms with van der Waals surface area (Å²) in [4.78, 5) is 8.59. The van der Waals surface area contributed by atoms with Crippen molar-refractivity contribution in [1.82, 2.24) is 25.2 Å². The number of tetrazole rings is 1. The molecule has 0 spiro atoms. The standard InChI is InChI=1S/C11H16N8/c1-17-11(14-15-16-17)19-6-4-18(5-7-19)9-2-3-10(12)13-8-9/h2-3,8H,4-7H2,1H3,(H2,12,13). The quantitative estimate of drug-likeness (QED) is 0.779. The molecule has 2 aromatic heterocycles. The smallest absolute Gasteiger partial charge is 0.245 e. The summed E-state index contributed by atoms with van der Waals surface area (Å²) < 4.78 is 1.69. The maximum Gasteiger partial charge on any atom is 0.245 e. The van der Waals surface area contributed by atoms with Gasteiger partial charge in [0.25, 0.3) is 0 Å². The Hall–Kier alpha value is -2.38. The second-order valence-electron chi connectivity index (χ2n) is 4.52. The Morgan fingerprint density at radius 1 is 1.11 bits per heavy atom. The molecule has 0 radical (unpaired) electrons. The number of rotatable bonds is 2. The number of hydrogen-bond acceptors (Lipinski definition) is 7. The molecule has 0 amide bonds. The number of aryl methyl sites for hydroxylation is 1. The highest BCUT2D eigenvalue weighted by atomic mass is 15.6. The SMILES string of the molecule is Cn1nnnc1N1CCN(c2ccc(N)nc2)CC1. The van der Waals surface area contributed by atoms with Crippen LogP contribution in [-0.4, -0.2) is 51.4 Å². The highest BCUT2D eigenvalue weighted by molar-refractivity contribution is 5.49. The highest BCUT2D eigenvalue weighted by Gasteiger charge is 2.20. The zero-order chi connectivity index (χ0) is 13.2. The lowest BCUT2D eigenvalue weighted by molar-refractivity contribution is 0.617. The van der Waals surface area contributed by atoms with Crippen LogP contribution in [0.5, 0.6) is 0 Å². The van der Waals surface area contributed by atoms with Crippen LogP contribution in [0.2, 0.25) is 0 Å². The van der Waals surface area contributed by atoms with Crippen LogP contribution >= 0.6 is 0 Å². The highest BCUT2D eigenvalue weighted by Crippen LogP contribution is 2.18. The second kappa shape index (κ2) is 4.71. The van der Waals surface area contributed by atoms with Gasteiger partial charge in [-0.2, -0.15) is 0 Å². The first-order valence-corrected chi connectivity index (χ1v) is 6.18. The summed E-state index contributed by atoms with van der Waals surface area (Å²) >= 11 is 0. The average molecular weight is 260 g/mol. The van der Waals surface area contributed by atoms with Gasteiger partial charge in [0.2, 0.25) is 5.95 Å². The van der Waals surface area contributed by atoms with Crippen molar-refractivity contribution in [3.63, 3.8) is 0 Å². The molecule has 0 atom stereocenters. The predicted molar refractivity (Wildman–Crippen MR) is 71.9 cm³/mol. The molecule has 1 aliphatic heterocycles. The predicted octanol–water partition coefficient (Wildman–Crippen LogP) is -0.486. The number of anilines is 3. The molecule has 0 unspecified atom stereocenters. The molecule has 19 heavy (non-hydrogen) atoms. The second-order valence-corrected chi connectivity index (χ2v) is 4.52. The molecule has 8 nitrogen and oxygen atoms in total. The molecule has 1 aliphatic rings. The Labute approximate surface area is 110 Å². The number of piperazine rings is 1. The van der Waals surface area contributed by atoms with E-state index < -0.39 is 0 Å². The molecule has 1 fully saturated rings. The van der Waals surface area contributed by atoms with E-state index in [-0.39, 0.29) is 0 Å². The molecule has 0 bridgehead atoms. The topological polar surface area (TPSA) is 89.0 Å². The minimum absolute atomic E-state index is 0.549. The summed E-state index contributed by atoms with van der Waals surface area (Å²) in [6, 6.07) is 3.83. The van der Waals surface area contributed by atoms with Gasteiger partial charge in [0.05, 0.1) is 11.9 Å². The van der Waals surface area contributed by atoms with Crippen molar-refractivity contribution in [1.29, 1.82) is 0 Å². The Bertz CT molecular complexity index is 540. The third-order valence-corrected chi connectivity index (χ3v) is 3.30. The lowest BCUT2D eigenvalue weighted by Crippen LogP contribution is -2.47. The first kappa shape index (κ1) is 11.7. The molecule has 1 saturated heterocycles. The van der Waals surface area contributed by atoms with E-state index in [0.717, 1.165) is 37.8 Å². The van der Waals surface area contributed by atoms with Gasteiger partial charge in [0, 0.05) is 33.2 Å². The summed E-state index contributed by atoms with van der Waals surface area (Å²) in [5.74, 6) is 1.36. The van der Waals surface area contributed by atoms with Crippen LogP contribution in [0, 0.1) is 0 Å². The van der Waals surface area contributed by atoms with Crippen LogP contribution < -0.4 is 15.5 Å². The molecule has 100 valence electrons. The van der Waals surface area contributed by atoms with E-state index >= 15 is 0 Å². The number of pyridine rings is 1. The summed E-state index contributed by atoms with van der Waals surface area (Å²) in [5.41, 5.74) is 6.70. The first-order valence-electron chi connectivity index (χ1n) is 6.18. The van der Waals surface area contributed by atoms with Crippen LogP contribution in [-0.2, 0) is 7.05 Å². The lowest BCUT2D eigenvalue weighted by atomic mass is 10.3. The van der Waals surface area contributed by atoms with Crippen molar-refractivity contribution in [3.8, 4) is 0 Å². The summed E-state index contributed by atoms with van der Waals surface area (Å²) in [6.45, 7) is 3.61. The normalized spacial score (nSPS) is 15.8. The Morgan fingerprint density at radius 2 is 1.84 bits per heavy atom. The number of nitrogens with zero attached hydrogens (tertiary/aromatic N) is 7. The third kappa shape index (κ3) is 2.28. The van der Waals surface area contributed by atoms with Crippen molar-refractivity contribution in [2.45, 2.75) is 0 Å². The van der Waals surface area contributed by atoms with Gasteiger partial charge in [-0.25, -0.2) is 9.67 Å². The van der Waals surface area contributed by atoms with Crippen molar-refractivity contribution in [2.75, 3.05) is 41.7 Å². The number of aromatic nitrogens is 5. The Morgan fingerprint density at radius 3 is 2.42 bits per heavy atom. The van der Waals surface area contributed by atoms with Crippen LogP contribution in [0.15, 0.2) is 18.3 Å². The zero-order valence-corrected chi connectivity index (χ0v) is 10.8. The number of nitrogens with two attached hydrogens (primary N) is 1. The van der Waals surface area contributed by atoms with E-state index in [9.17, 15) is 0 Å². The molecular weight excluding hydrogens is 244 g/mol. The Balaban J connectivity index is 1.66. The van der Waals surface area contributed by atoms with Crippen molar-refractivity contribution >= 4 is 17.5 Å². The van der Waals surface area contributed by atoms with Gasteiger partial charge in [0.1, 0.15) is 5.82 Å². The molecule has 0 aromatic carbocycles. The fraction of sp³-hybridized carbons (Fsp3) is 0.455. The van der Waals surface area contributed by atoms with Gasteiger partial charge in [-0.15, -0.1) is 0 Å². The van der Waals surface area contributed by atoms with Gasteiger partial charge < -0.3 is 15.5 Å². The average Bonchev–Trinajstić information content (AvgIpc) is 2.86. The molecule has 0 aliphatic carbocycles. The maximum atomic E-state index is 5.60. The van der Waals surface area contributed by atoms with Crippen LogP contribution in [0.3, 0.4) is 0 Å². The summed E-state index contributed by atoms with van der Waals surface area (Å²) in [6.07, 6.45) is 1.81. The van der Waals surface area contributed by atoms with Gasteiger partial charge >= 0.3 is 0 Å². The van der Waals surface area contributed by atoms with Crippen molar-refractivity contribution in [3.05, 3.63) is 18.3 Å². The van der Waals surface area contributed by atoms with Gasteiger partial charge in [0.15, 0.2) is 0 Å². The van der Waals surface area contributed by atoms with Crippen LogP contribution in [0.4, 0.5) is 17.5 Å². The van der Waals surface area contributed by atoms with Gasteiger partial charge in [-0.1, -0.05) is 5.10 Å². The minimum Gasteiger partial charge on any atom is -0.384 e. The van der Waals surface area contributed by atoms with E-state index in [0.29, 0.717) is 5.82 Å². The van der Waals surface area contributed by atoms with E-state index in [1.54, 1.807) is 4.68 Å². The van der Waals surface area contributed by atoms with Crippen LogP contribution in [0.25, 0.3) is 0 Å². The summed E-state index contributed by atoms with van der Waals surface area (Å²) in [5, 5.41) is 11.6. The third-order valence-electron chi connectivity index (χ3n) is 3.30. The monoisotopic (exact) mass is 260 g/mol. The molecule has 3 heterocycles. The summed E-state index contributed by atoms with van der Waals surface area (Å²) in [7, 11) is 1.85. The number of hydrogen-bond donors (Lipinski definition) is 1. The van der Waals surface area contributed by atoms with E-state index in [2.05, 4.69) is 30.3 Å². The fourth-order valence-electron chi connectivity index (χ4n) is 2.24. The Kier molecular flexibility index (Phi) is 2.90. The first-order chi connectivity index (χ1) is 9.24. The molecule has 2 N–H and O–H groups in total. The molecule has 3 rings (SSSR count). The molecule has 2 aromatic rings. The van der Waals surface area contributed by atoms with E-state index in [1.165, 1.54) is 0 Å². The van der Waals surface area contributed by atoms with Gasteiger partial charge in [-0.3, -0.25) is 0 Å². The molecule has 8 heteroatoms. The largest absolute Gasteiger partial charge is 0.384 e. The van der Waals surface area contributed by atoms with Crippen molar-refractivity contribution < 1.29 is 0 Å². The zero-order valence-electron chi connectivity index (χ0n) is 10.8. The fourth-order valence-corrected chi connectivity index (χ4v) is 2.24. The van der Waals surface area contributed by atoms with Gasteiger partial charge in [-0.05, 0) is 22.6 Å². The minimum atomic E-state index is 0.549. The molecule has 0 saturated carbocycles. The lowest BCUT2D eigenvalue weighted by Gasteiger charge is -2.35. The van der Waals surface area contributed by atoms with E-state index in [1.807, 2.05) is 25.4 Å². The van der Waals surface area contributed by atoms with Crippen molar-refractivity contribution in [2.24, 2.45) is 7.05 Å². The van der Waals surface area contributed by atoms with Crippen LogP contribution in [0.1, 0.15) is 0 Å². The number of nitrogen functional groups attached to an aromatic ring is 1.